The second-order valence-corrected chi connectivity index (χ2v) is 9.88. The van der Waals surface area contributed by atoms with Crippen LogP contribution in [0.3, 0.4) is 0 Å². The number of carboxylic acid groups (broad SMARTS) is 1. The maximum Gasteiger partial charge on any atom is 0.332 e. The number of phenols is 6. The summed E-state index contributed by atoms with van der Waals surface area (Å²) in [4.78, 5) is 75.5. The molecule has 0 aliphatic carbocycles. The lowest BCUT2D eigenvalue weighted by Crippen LogP contribution is -2.50. The maximum atomic E-state index is 13.0. The molecule has 11 N–H and O–H groups in total. The summed E-state index contributed by atoms with van der Waals surface area (Å²) in [5.41, 5.74) is -1.56. The van der Waals surface area contributed by atoms with Crippen molar-refractivity contribution in [3.05, 3.63) is 71.3 Å². The maximum absolute atomic E-state index is 13.0. The fraction of sp³-hybridized carbons (Fsp3) is 0.200. The second kappa shape index (κ2) is 16.2. The summed E-state index contributed by atoms with van der Waals surface area (Å²) in [5.74, 6) is -12.8. The Labute approximate surface area is 274 Å². The number of benzene rings is 3. The molecule has 0 aromatic heterocycles. The standard InChI is InChI=1S/C30H29N3O16/c34-10-16(31-25(41)13-4-1-7-19(35)22(13)38)29(46)49-12-18(33-27(43)15-6-3-9-21(37)24(15)40)30(47)48-11-17(28(44)45)32-26(42)14-5-2-8-20(36)23(14)39/h1-9,16-18,34-40H,10-12H2,(H,31,41)(H,32,42)(H,33,43)(H,44,45)/t16-,17-,18-/m1/s1. The van der Waals surface area contributed by atoms with Crippen molar-refractivity contribution in [3.8, 4) is 34.5 Å². The number of ether oxygens (including phenoxy) is 2. The Balaban J connectivity index is 1.76. The van der Waals surface area contributed by atoms with E-state index in [0.717, 1.165) is 36.4 Å². The van der Waals surface area contributed by atoms with E-state index in [2.05, 4.69) is 5.32 Å². The Morgan fingerprint density at radius 3 is 1.22 bits per heavy atom. The summed E-state index contributed by atoms with van der Waals surface area (Å²) < 4.78 is 9.91. The summed E-state index contributed by atoms with van der Waals surface area (Å²) in [7, 11) is 0. The normalized spacial score (nSPS) is 12.4. The van der Waals surface area contributed by atoms with E-state index in [1.807, 2.05) is 10.6 Å². The van der Waals surface area contributed by atoms with Crippen LogP contribution in [0.2, 0.25) is 0 Å². The molecule has 260 valence electrons. The highest BCUT2D eigenvalue weighted by Gasteiger charge is 2.31. The zero-order chi connectivity index (χ0) is 36.4. The van der Waals surface area contributed by atoms with Crippen molar-refractivity contribution >= 4 is 35.6 Å². The van der Waals surface area contributed by atoms with E-state index >= 15 is 0 Å². The number of nitrogens with one attached hydrogen (secondary N) is 3. The van der Waals surface area contributed by atoms with E-state index in [-0.39, 0.29) is 0 Å². The number of aliphatic hydroxyl groups is 1. The van der Waals surface area contributed by atoms with E-state index < -0.39 is 125 Å². The molecule has 19 nitrogen and oxygen atoms in total. The number of hydrogen-bond donors (Lipinski definition) is 11. The molecule has 0 bridgehead atoms. The zero-order valence-electron chi connectivity index (χ0n) is 24.9. The number of para-hydroxylation sites is 3. The number of esters is 2. The molecule has 0 radical (unpaired) electrons. The minimum atomic E-state index is -1.98. The van der Waals surface area contributed by atoms with Crippen LogP contribution in [0.15, 0.2) is 54.6 Å². The number of aromatic hydroxyl groups is 6. The molecule has 0 aliphatic heterocycles. The van der Waals surface area contributed by atoms with Crippen molar-refractivity contribution in [2.24, 2.45) is 0 Å². The van der Waals surface area contributed by atoms with Crippen LogP contribution in [0.5, 0.6) is 34.5 Å². The Morgan fingerprint density at radius 1 is 0.531 bits per heavy atom. The highest BCUT2D eigenvalue weighted by molar-refractivity contribution is 6.01. The van der Waals surface area contributed by atoms with Crippen molar-refractivity contribution in [2.75, 3.05) is 19.8 Å². The number of aliphatic hydroxyl groups excluding tert-OH is 1. The van der Waals surface area contributed by atoms with Crippen molar-refractivity contribution < 1.29 is 79.1 Å². The summed E-state index contributed by atoms with van der Waals surface area (Å²) in [6, 6.07) is 4.13. The Kier molecular flexibility index (Phi) is 12.1. The number of carbonyl (C=O) groups is 6. The molecule has 3 atom stereocenters. The van der Waals surface area contributed by atoms with Crippen LogP contribution in [-0.4, -0.2) is 114 Å². The first-order valence-corrected chi connectivity index (χ1v) is 13.8. The van der Waals surface area contributed by atoms with E-state index in [4.69, 9.17) is 9.47 Å². The summed E-state index contributed by atoms with van der Waals surface area (Å²) in [6.07, 6.45) is 0. The smallest absolute Gasteiger partial charge is 0.332 e. The summed E-state index contributed by atoms with van der Waals surface area (Å²) in [5, 5.41) is 84.1. The quantitative estimate of drug-likeness (QED) is 0.0699. The molecule has 19 heteroatoms. The van der Waals surface area contributed by atoms with Gasteiger partial charge in [0.25, 0.3) is 17.7 Å². The first-order chi connectivity index (χ1) is 23.2. The molecule has 0 aliphatic rings. The van der Waals surface area contributed by atoms with Gasteiger partial charge in [-0.05, 0) is 36.4 Å². The van der Waals surface area contributed by atoms with Crippen LogP contribution in [0.4, 0.5) is 0 Å². The minimum absolute atomic E-state index is 0.481. The Morgan fingerprint density at radius 2 is 0.857 bits per heavy atom. The van der Waals surface area contributed by atoms with Gasteiger partial charge in [-0.15, -0.1) is 0 Å². The Hall–Kier alpha value is -6.76. The van der Waals surface area contributed by atoms with Crippen LogP contribution in [0.25, 0.3) is 0 Å². The molecule has 3 aromatic rings. The molecule has 0 unspecified atom stereocenters. The van der Waals surface area contributed by atoms with Crippen molar-refractivity contribution in [2.45, 2.75) is 18.1 Å². The zero-order valence-corrected chi connectivity index (χ0v) is 24.9. The van der Waals surface area contributed by atoms with Gasteiger partial charge in [0.2, 0.25) is 0 Å². The van der Waals surface area contributed by atoms with Crippen molar-refractivity contribution in [1.82, 2.24) is 16.0 Å². The predicted molar refractivity (Wildman–Crippen MR) is 160 cm³/mol. The molecule has 3 amide bonds. The predicted octanol–water partition coefficient (Wildman–Crippen LogP) is -1.22. The van der Waals surface area contributed by atoms with Gasteiger partial charge in [-0.2, -0.15) is 0 Å². The van der Waals surface area contributed by atoms with E-state index in [0.29, 0.717) is 0 Å². The molecule has 0 saturated heterocycles. The lowest BCUT2D eigenvalue weighted by atomic mass is 10.1. The lowest BCUT2D eigenvalue weighted by Gasteiger charge is -2.21. The van der Waals surface area contributed by atoms with E-state index in [9.17, 15) is 69.6 Å². The van der Waals surface area contributed by atoms with Crippen LogP contribution < -0.4 is 16.0 Å². The molecular formula is C30H29N3O16. The fourth-order valence-electron chi connectivity index (χ4n) is 3.91. The third-order valence-corrected chi connectivity index (χ3v) is 6.53. The van der Waals surface area contributed by atoms with Gasteiger partial charge in [0.1, 0.15) is 13.2 Å². The van der Waals surface area contributed by atoms with Gasteiger partial charge in [-0.1, -0.05) is 18.2 Å². The highest BCUT2D eigenvalue weighted by Crippen LogP contribution is 2.30. The third-order valence-electron chi connectivity index (χ3n) is 6.53. The molecule has 0 fully saturated rings. The molecule has 49 heavy (non-hydrogen) atoms. The number of phenolic OH excluding ortho intramolecular Hbond substituents is 6. The van der Waals surface area contributed by atoms with Gasteiger partial charge in [-0.25, -0.2) is 14.4 Å². The van der Waals surface area contributed by atoms with Gasteiger partial charge in [0, 0.05) is 0 Å². The molecule has 0 heterocycles. The van der Waals surface area contributed by atoms with E-state index in [1.165, 1.54) is 18.2 Å². The molecule has 0 spiro atoms. The van der Waals surface area contributed by atoms with Gasteiger partial charge in [0.15, 0.2) is 52.6 Å². The SMILES string of the molecule is O=C(N[C@H](COC(=O)[C@@H](COC(=O)[C@@H](CO)NC(=O)c1cccc(O)c1O)NC(=O)c1cccc(O)c1O)C(=O)O)c1cccc(O)c1O. The number of carboxylic acids is 1. The number of rotatable bonds is 14. The third kappa shape index (κ3) is 9.16. The van der Waals surface area contributed by atoms with Crippen LogP contribution in [0, 0.1) is 0 Å². The highest BCUT2D eigenvalue weighted by atomic mass is 16.6. The van der Waals surface area contributed by atoms with Gasteiger partial charge in [-0.3, -0.25) is 14.4 Å². The Bertz CT molecular complexity index is 1760. The van der Waals surface area contributed by atoms with Crippen molar-refractivity contribution in [1.29, 1.82) is 0 Å². The van der Waals surface area contributed by atoms with Gasteiger partial charge < -0.3 is 66.3 Å². The van der Waals surface area contributed by atoms with Crippen LogP contribution in [0.1, 0.15) is 31.1 Å². The van der Waals surface area contributed by atoms with Gasteiger partial charge >= 0.3 is 17.9 Å². The number of amides is 3. The topological polar surface area (TPSA) is 319 Å². The largest absolute Gasteiger partial charge is 0.504 e. The number of aliphatic carboxylic acids is 1. The van der Waals surface area contributed by atoms with Gasteiger partial charge in [0.05, 0.1) is 23.3 Å². The van der Waals surface area contributed by atoms with Crippen LogP contribution >= 0.6 is 0 Å². The minimum Gasteiger partial charge on any atom is -0.504 e. The summed E-state index contributed by atoms with van der Waals surface area (Å²) in [6.45, 7) is -3.26. The lowest BCUT2D eigenvalue weighted by molar-refractivity contribution is -0.155. The number of carbonyl (C=O) groups excluding carboxylic acids is 5. The number of hydrogen-bond acceptors (Lipinski definition) is 15. The average molecular weight is 688 g/mol. The molecule has 3 rings (SSSR count). The second-order valence-electron chi connectivity index (χ2n) is 9.88. The van der Waals surface area contributed by atoms with Crippen molar-refractivity contribution in [3.63, 3.8) is 0 Å². The summed E-state index contributed by atoms with van der Waals surface area (Å²) >= 11 is 0. The van der Waals surface area contributed by atoms with E-state index in [1.54, 1.807) is 0 Å². The monoisotopic (exact) mass is 687 g/mol. The first-order valence-electron chi connectivity index (χ1n) is 13.8. The molecular weight excluding hydrogens is 658 g/mol. The van der Waals surface area contributed by atoms with Crippen LogP contribution in [-0.2, 0) is 23.9 Å². The molecule has 3 aromatic carbocycles. The fourth-order valence-corrected chi connectivity index (χ4v) is 3.91. The first kappa shape index (κ1) is 36.7. The molecule has 0 saturated carbocycles. The average Bonchev–Trinajstić information content (AvgIpc) is 3.06.